The molecule has 85 valence electrons. The molecule has 0 aliphatic carbocycles. The van der Waals surface area contributed by atoms with E-state index in [1.807, 2.05) is 0 Å². The van der Waals surface area contributed by atoms with Crippen molar-refractivity contribution in [3.8, 4) is 0 Å². The number of alkyl halides is 1. The van der Waals surface area contributed by atoms with Crippen LogP contribution in [-0.2, 0) is 0 Å². The van der Waals surface area contributed by atoms with Crippen molar-refractivity contribution in [2.24, 2.45) is 5.92 Å². The second-order valence-corrected chi connectivity index (χ2v) is 5.57. The molecule has 2 unspecified atom stereocenters. The van der Waals surface area contributed by atoms with Gasteiger partial charge in [0, 0.05) is 37.6 Å². The first-order chi connectivity index (χ1) is 7.31. The summed E-state index contributed by atoms with van der Waals surface area (Å²) in [5.41, 5.74) is 0. The largest absolute Gasteiger partial charge is 0.304 e. The van der Waals surface area contributed by atoms with Crippen LogP contribution in [-0.4, -0.2) is 61.7 Å². The van der Waals surface area contributed by atoms with E-state index in [9.17, 15) is 0 Å². The second kappa shape index (κ2) is 5.69. The highest BCUT2D eigenvalue weighted by Gasteiger charge is 2.30. The monoisotopic (exact) mass is 271 g/mol. The van der Waals surface area contributed by atoms with E-state index in [4.69, 9.17) is 0 Å². The third-order valence-electron chi connectivity index (χ3n) is 3.89. The fourth-order valence-corrected chi connectivity index (χ4v) is 3.51. The van der Waals surface area contributed by atoms with E-state index < -0.39 is 0 Å². The van der Waals surface area contributed by atoms with Gasteiger partial charge in [-0.2, -0.15) is 0 Å². The number of halogens is 1. The SMILES string of the molecule is CN1CCN(C2CC[B]CC2CBr)CC1. The minimum atomic E-state index is 0.836. The lowest BCUT2D eigenvalue weighted by Crippen LogP contribution is -2.52. The Bertz CT molecular complexity index is 195. The number of nitrogens with zero attached hydrogens (tertiary/aromatic N) is 2. The summed E-state index contributed by atoms with van der Waals surface area (Å²) in [4.78, 5) is 5.16. The van der Waals surface area contributed by atoms with Crippen LogP contribution >= 0.6 is 15.9 Å². The zero-order valence-electron chi connectivity index (χ0n) is 9.66. The molecule has 2 atom stereocenters. The first kappa shape index (κ1) is 11.9. The van der Waals surface area contributed by atoms with Gasteiger partial charge in [0.15, 0.2) is 0 Å². The third kappa shape index (κ3) is 2.98. The van der Waals surface area contributed by atoms with Crippen LogP contribution in [0.25, 0.3) is 0 Å². The van der Waals surface area contributed by atoms with Crippen LogP contribution in [0, 0.1) is 5.92 Å². The standard InChI is InChI=1S/C11H21BBrN2/c1-14-4-6-15(7-5-14)11-2-3-12-8-10(11)9-13/h10-11H,2-9H2,1H3. The minimum Gasteiger partial charge on any atom is -0.304 e. The van der Waals surface area contributed by atoms with Crippen molar-refractivity contribution in [1.82, 2.24) is 9.80 Å². The Labute approximate surface area is 103 Å². The number of piperazine rings is 1. The summed E-state index contributed by atoms with van der Waals surface area (Å²) < 4.78 is 0. The van der Waals surface area contributed by atoms with Gasteiger partial charge in [-0.1, -0.05) is 28.6 Å². The molecule has 0 aromatic carbocycles. The molecule has 0 saturated carbocycles. The Morgan fingerprint density at radius 1 is 1.27 bits per heavy atom. The first-order valence-corrected chi connectivity index (χ1v) is 7.23. The molecule has 2 saturated heterocycles. The van der Waals surface area contributed by atoms with Crippen molar-refractivity contribution in [1.29, 1.82) is 0 Å². The molecular formula is C11H21BBrN2. The average Bonchev–Trinajstić information content (AvgIpc) is 2.30. The number of rotatable bonds is 2. The van der Waals surface area contributed by atoms with Gasteiger partial charge in [-0.15, -0.1) is 0 Å². The molecule has 2 nitrogen and oxygen atoms in total. The number of likely N-dealkylation sites (N-methyl/N-ethyl adjacent to an activating group) is 1. The Morgan fingerprint density at radius 2 is 2.00 bits per heavy atom. The van der Waals surface area contributed by atoms with Crippen molar-refractivity contribution < 1.29 is 0 Å². The summed E-state index contributed by atoms with van der Waals surface area (Å²) >= 11 is 3.67. The molecule has 0 N–H and O–H groups in total. The van der Waals surface area contributed by atoms with Gasteiger partial charge in [0.25, 0.3) is 0 Å². The van der Waals surface area contributed by atoms with Gasteiger partial charge < -0.3 is 4.90 Å². The highest BCUT2D eigenvalue weighted by molar-refractivity contribution is 9.09. The van der Waals surface area contributed by atoms with Crippen LogP contribution in [0.4, 0.5) is 0 Å². The molecule has 0 spiro atoms. The number of hydrogen-bond acceptors (Lipinski definition) is 2. The van der Waals surface area contributed by atoms with Crippen LogP contribution in [0.3, 0.4) is 0 Å². The van der Waals surface area contributed by atoms with E-state index in [1.165, 1.54) is 50.6 Å². The molecule has 2 rings (SSSR count). The Balaban J connectivity index is 1.90. The van der Waals surface area contributed by atoms with E-state index in [1.54, 1.807) is 0 Å². The zero-order chi connectivity index (χ0) is 10.7. The van der Waals surface area contributed by atoms with Crippen LogP contribution < -0.4 is 0 Å². The van der Waals surface area contributed by atoms with Crippen LogP contribution in [0.5, 0.6) is 0 Å². The summed E-state index contributed by atoms with van der Waals surface area (Å²) in [6.45, 7) is 5.03. The predicted octanol–water partition coefficient (Wildman–Crippen LogP) is 1.56. The van der Waals surface area contributed by atoms with E-state index in [-0.39, 0.29) is 0 Å². The molecule has 15 heavy (non-hydrogen) atoms. The van der Waals surface area contributed by atoms with Crippen molar-refractivity contribution in [3.05, 3.63) is 0 Å². The summed E-state index contributed by atoms with van der Waals surface area (Å²) in [6.07, 6.45) is 4.00. The van der Waals surface area contributed by atoms with Gasteiger partial charge in [0.05, 0.1) is 0 Å². The third-order valence-corrected chi connectivity index (χ3v) is 4.72. The van der Waals surface area contributed by atoms with Crippen molar-refractivity contribution in [2.75, 3.05) is 38.6 Å². The lowest BCUT2D eigenvalue weighted by atomic mass is 9.59. The van der Waals surface area contributed by atoms with Crippen molar-refractivity contribution >= 4 is 23.2 Å². The molecule has 1 radical (unpaired) electrons. The van der Waals surface area contributed by atoms with E-state index in [0.29, 0.717) is 0 Å². The smallest absolute Gasteiger partial charge is 0.109 e. The first-order valence-electron chi connectivity index (χ1n) is 6.11. The molecule has 0 amide bonds. The lowest BCUT2D eigenvalue weighted by Gasteiger charge is -2.43. The maximum atomic E-state index is 3.67. The van der Waals surface area contributed by atoms with Crippen molar-refractivity contribution in [3.63, 3.8) is 0 Å². The Hall–Kier alpha value is 0.465. The van der Waals surface area contributed by atoms with E-state index in [2.05, 4.69) is 40.1 Å². The summed E-state index contributed by atoms with van der Waals surface area (Å²) in [6, 6.07) is 0.836. The maximum absolute atomic E-state index is 3.67. The normalized spacial score (nSPS) is 35.1. The zero-order valence-corrected chi connectivity index (χ0v) is 11.2. The number of hydrogen-bond donors (Lipinski definition) is 0. The van der Waals surface area contributed by atoms with Crippen LogP contribution in [0.2, 0.25) is 12.6 Å². The second-order valence-electron chi connectivity index (χ2n) is 4.92. The molecule has 2 aliphatic heterocycles. The summed E-state index contributed by atoms with van der Waals surface area (Å²) in [5.74, 6) is 0.849. The van der Waals surface area contributed by atoms with Gasteiger partial charge in [-0.05, 0) is 19.4 Å². The molecule has 2 aliphatic rings. The van der Waals surface area contributed by atoms with Gasteiger partial charge in [-0.3, -0.25) is 4.90 Å². The predicted molar refractivity (Wildman–Crippen MR) is 70.1 cm³/mol. The van der Waals surface area contributed by atoms with E-state index in [0.717, 1.165) is 12.0 Å². The maximum Gasteiger partial charge on any atom is 0.109 e. The molecule has 2 heterocycles. The Morgan fingerprint density at radius 3 is 2.67 bits per heavy atom. The van der Waals surface area contributed by atoms with Crippen LogP contribution in [0.15, 0.2) is 0 Å². The molecule has 2 fully saturated rings. The van der Waals surface area contributed by atoms with Gasteiger partial charge >= 0.3 is 0 Å². The Kier molecular flexibility index (Phi) is 4.53. The molecule has 4 heteroatoms. The van der Waals surface area contributed by atoms with Gasteiger partial charge in [-0.25, -0.2) is 0 Å². The summed E-state index contributed by atoms with van der Waals surface area (Å²) in [7, 11) is 4.70. The quantitative estimate of drug-likeness (QED) is 0.556. The minimum absolute atomic E-state index is 0.836. The highest BCUT2D eigenvalue weighted by Crippen LogP contribution is 2.28. The molecule has 0 aromatic heterocycles. The summed E-state index contributed by atoms with van der Waals surface area (Å²) in [5, 5.41) is 1.17. The van der Waals surface area contributed by atoms with Crippen molar-refractivity contribution in [2.45, 2.75) is 25.1 Å². The molecule has 0 aromatic rings. The topological polar surface area (TPSA) is 6.48 Å². The van der Waals surface area contributed by atoms with Crippen LogP contribution in [0.1, 0.15) is 6.42 Å². The van der Waals surface area contributed by atoms with Gasteiger partial charge in [0.2, 0.25) is 0 Å². The highest BCUT2D eigenvalue weighted by atomic mass is 79.9. The fraction of sp³-hybridized carbons (Fsp3) is 1.00. The average molecular weight is 272 g/mol. The lowest BCUT2D eigenvalue weighted by molar-refractivity contribution is 0.0848. The fourth-order valence-electron chi connectivity index (χ4n) is 2.81. The van der Waals surface area contributed by atoms with E-state index >= 15 is 0 Å². The van der Waals surface area contributed by atoms with Gasteiger partial charge in [0.1, 0.15) is 7.28 Å². The molecular weight excluding hydrogens is 251 g/mol. The molecule has 0 bridgehead atoms.